The lowest BCUT2D eigenvalue weighted by Gasteiger charge is -1.90. The van der Waals surface area contributed by atoms with E-state index in [1.165, 1.54) is 12.1 Å². The summed E-state index contributed by atoms with van der Waals surface area (Å²) in [5, 5.41) is 0. The van der Waals surface area contributed by atoms with E-state index in [0.717, 1.165) is 0 Å². The van der Waals surface area contributed by atoms with Gasteiger partial charge >= 0.3 is 0 Å². The molecule has 10 heavy (non-hydrogen) atoms. The quantitative estimate of drug-likeness (QED) is 0.526. The molecular formula is C6H6N2O2. The Morgan fingerprint density at radius 2 is 2.20 bits per heavy atom. The number of carbonyl (C=O) groups excluding carboxylic acids is 1. The number of pyridine rings is 1. The maximum Gasteiger partial charge on any atom is 0.271 e. The third-order valence-corrected chi connectivity index (χ3v) is 1.09. The van der Waals surface area contributed by atoms with Crippen molar-refractivity contribution in [2.75, 3.05) is 5.73 Å². The van der Waals surface area contributed by atoms with Crippen LogP contribution in [0.3, 0.4) is 0 Å². The highest BCUT2D eigenvalue weighted by Gasteiger charge is 1.93. The molecule has 3 N–H and O–H groups in total. The van der Waals surface area contributed by atoms with E-state index >= 15 is 0 Å². The van der Waals surface area contributed by atoms with Gasteiger partial charge in [0.25, 0.3) is 5.56 Å². The van der Waals surface area contributed by atoms with Crippen LogP contribution in [0.2, 0.25) is 0 Å². The SMILES string of the molecule is Nc1ccc(C=O)[nH]c1=O. The van der Waals surface area contributed by atoms with Gasteiger partial charge in [-0.25, -0.2) is 0 Å². The van der Waals surface area contributed by atoms with Gasteiger partial charge in [-0.15, -0.1) is 0 Å². The molecule has 4 heteroatoms. The van der Waals surface area contributed by atoms with Crippen LogP contribution < -0.4 is 11.3 Å². The summed E-state index contributed by atoms with van der Waals surface area (Å²) in [4.78, 5) is 23.0. The van der Waals surface area contributed by atoms with Crippen LogP contribution >= 0.6 is 0 Å². The van der Waals surface area contributed by atoms with Crippen molar-refractivity contribution in [2.24, 2.45) is 0 Å². The summed E-state index contributed by atoms with van der Waals surface area (Å²) in [6.45, 7) is 0. The lowest BCUT2D eigenvalue weighted by molar-refractivity contribution is 0.111. The number of aromatic amines is 1. The second-order valence-electron chi connectivity index (χ2n) is 1.82. The lowest BCUT2D eigenvalue weighted by atomic mass is 10.3. The van der Waals surface area contributed by atoms with Gasteiger partial charge in [0.15, 0.2) is 6.29 Å². The molecule has 0 aromatic carbocycles. The molecule has 0 spiro atoms. The minimum Gasteiger partial charge on any atom is -0.394 e. The first-order valence-electron chi connectivity index (χ1n) is 2.68. The normalized spacial score (nSPS) is 9.20. The topological polar surface area (TPSA) is 76.0 Å². The third kappa shape index (κ3) is 1.05. The molecule has 0 aliphatic heterocycles. The van der Waals surface area contributed by atoms with Crippen molar-refractivity contribution >= 4 is 12.0 Å². The molecule has 0 atom stereocenters. The predicted octanol–water partition coefficient (Wildman–Crippen LogP) is -0.230. The highest BCUT2D eigenvalue weighted by atomic mass is 16.1. The summed E-state index contributed by atoms with van der Waals surface area (Å²) in [6, 6.07) is 2.84. The molecule has 0 saturated carbocycles. The maximum absolute atomic E-state index is 10.7. The number of nitrogens with two attached hydrogens (primary N) is 1. The molecule has 4 nitrogen and oxygen atoms in total. The Balaban J connectivity index is 3.30. The number of aldehydes is 1. The number of rotatable bonds is 1. The highest BCUT2D eigenvalue weighted by molar-refractivity contribution is 5.71. The van der Waals surface area contributed by atoms with Crippen molar-refractivity contribution in [1.29, 1.82) is 0 Å². The van der Waals surface area contributed by atoms with Gasteiger partial charge in [-0.05, 0) is 12.1 Å². The fourth-order valence-corrected chi connectivity index (χ4v) is 0.569. The lowest BCUT2D eigenvalue weighted by Crippen LogP contribution is -2.12. The number of aromatic nitrogens is 1. The average Bonchev–Trinajstić information content (AvgIpc) is 1.95. The molecular weight excluding hydrogens is 132 g/mol. The molecule has 52 valence electrons. The van der Waals surface area contributed by atoms with Crippen LogP contribution in [-0.2, 0) is 0 Å². The van der Waals surface area contributed by atoms with E-state index in [9.17, 15) is 9.59 Å². The van der Waals surface area contributed by atoms with Gasteiger partial charge in [-0.2, -0.15) is 0 Å². The van der Waals surface area contributed by atoms with Crippen LogP contribution in [-0.4, -0.2) is 11.3 Å². The predicted molar refractivity (Wildman–Crippen MR) is 36.9 cm³/mol. The van der Waals surface area contributed by atoms with E-state index in [2.05, 4.69) is 4.98 Å². The van der Waals surface area contributed by atoms with Crippen molar-refractivity contribution < 1.29 is 4.79 Å². The van der Waals surface area contributed by atoms with Crippen molar-refractivity contribution in [3.63, 3.8) is 0 Å². The van der Waals surface area contributed by atoms with Gasteiger partial charge in [0.05, 0.1) is 11.4 Å². The van der Waals surface area contributed by atoms with Gasteiger partial charge < -0.3 is 10.7 Å². The molecule has 0 saturated heterocycles. The Morgan fingerprint density at radius 1 is 1.50 bits per heavy atom. The van der Waals surface area contributed by atoms with Crippen LogP contribution in [0.5, 0.6) is 0 Å². The molecule has 0 bridgehead atoms. The average molecular weight is 138 g/mol. The summed E-state index contributed by atoms with van der Waals surface area (Å²) in [7, 11) is 0. The fraction of sp³-hybridized carbons (Fsp3) is 0. The first kappa shape index (κ1) is 6.54. The molecule has 0 aliphatic carbocycles. The zero-order valence-corrected chi connectivity index (χ0v) is 5.13. The Kier molecular flexibility index (Phi) is 1.53. The Labute approximate surface area is 56.7 Å². The first-order valence-corrected chi connectivity index (χ1v) is 2.68. The summed E-state index contributed by atoms with van der Waals surface area (Å²) in [5.41, 5.74) is 5.11. The zero-order valence-electron chi connectivity index (χ0n) is 5.13. The maximum atomic E-state index is 10.7. The summed E-state index contributed by atoms with van der Waals surface area (Å²) in [6.07, 6.45) is 0.556. The molecule has 0 amide bonds. The Hall–Kier alpha value is -1.58. The van der Waals surface area contributed by atoms with Crippen LogP contribution in [0.15, 0.2) is 16.9 Å². The monoisotopic (exact) mass is 138 g/mol. The van der Waals surface area contributed by atoms with Crippen molar-refractivity contribution in [2.45, 2.75) is 0 Å². The molecule has 0 radical (unpaired) electrons. The first-order chi connectivity index (χ1) is 4.74. The molecule has 1 rings (SSSR count). The van der Waals surface area contributed by atoms with Gasteiger partial charge in [0.1, 0.15) is 0 Å². The van der Waals surface area contributed by atoms with E-state index in [-0.39, 0.29) is 11.4 Å². The van der Waals surface area contributed by atoms with E-state index in [4.69, 9.17) is 5.73 Å². The minimum atomic E-state index is -0.426. The van der Waals surface area contributed by atoms with Crippen LogP contribution in [0.1, 0.15) is 10.5 Å². The summed E-state index contributed by atoms with van der Waals surface area (Å²) < 4.78 is 0. The van der Waals surface area contributed by atoms with Gasteiger partial charge in [-0.3, -0.25) is 9.59 Å². The summed E-state index contributed by atoms with van der Waals surface area (Å²) >= 11 is 0. The van der Waals surface area contributed by atoms with Crippen molar-refractivity contribution in [3.05, 3.63) is 28.2 Å². The van der Waals surface area contributed by atoms with Gasteiger partial charge in [-0.1, -0.05) is 0 Å². The number of H-pyrrole nitrogens is 1. The van der Waals surface area contributed by atoms with Gasteiger partial charge in [0, 0.05) is 0 Å². The number of hydrogen-bond donors (Lipinski definition) is 2. The molecule has 1 aromatic heterocycles. The van der Waals surface area contributed by atoms with E-state index in [1.54, 1.807) is 0 Å². The molecule has 0 unspecified atom stereocenters. The second kappa shape index (κ2) is 2.34. The van der Waals surface area contributed by atoms with E-state index in [1.807, 2.05) is 0 Å². The molecule has 0 fully saturated rings. The van der Waals surface area contributed by atoms with Crippen molar-refractivity contribution in [3.8, 4) is 0 Å². The Bertz CT molecular complexity index is 303. The van der Waals surface area contributed by atoms with Crippen LogP contribution in [0, 0.1) is 0 Å². The number of anilines is 1. The van der Waals surface area contributed by atoms with Crippen molar-refractivity contribution in [1.82, 2.24) is 4.98 Å². The number of nitrogens with one attached hydrogen (secondary N) is 1. The van der Waals surface area contributed by atoms with Gasteiger partial charge in [0.2, 0.25) is 0 Å². The van der Waals surface area contributed by atoms with Crippen LogP contribution in [0.4, 0.5) is 5.69 Å². The number of hydrogen-bond acceptors (Lipinski definition) is 3. The summed E-state index contributed by atoms with van der Waals surface area (Å²) in [5.74, 6) is 0. The second-order valence-corrected chi connectivity index (χ2v) is 1.82. The van der Waals surface area contributed by atoms with Crippen LogP contribution in [0.25, 0.3) is 0 Å². The minimum absolute atomic E-state index is 0.116. The zero-order chi connectivity index (χ0) is 7.56. The van der Waals surface area contributed by atoms with E-state index in [0.29, 0.717) is 6.29 Å². The molecule has 1 aromatic rings. The Morgan fingerprint density at radius 3 is 2.70 bits per heavy atom. The highest BCUT2D eigenvalue weighted by Crippen LogP contribution is 1.91. The smallest absolute Gasteiger partial charge is 0.271 e. The standard InChI is InChI=1S/C6H6N2O2/c7-5-2-1-4(3-9)8-6(5)10/h1-3H,7H2,(H,8,10). The number of carbonyl (C=O) groups is 1. The molecule has 0 aliphatic rings. The molecule has 1 heterocycles. The van der Waals surface area contributed by atoms with E-state index < -0.39 is 5.56 Å². The largest absolute Gasteiger partial charge is 0.394 e. The number of nitrogen functional groups attached to an aromatic ring is 1. The fourth-order valence-electron chi connectivity index (χ4n) is 0.569. The third-order valence-electron chi connectivity index (χ3n) is 1.09.